The lowest BCUT2D eigenvalue weighted by Crippen LogP contribution is -2.08. The summed E-state index contributed by atoms with van der Waals surface area (Å²) in [6, 6.07) is 12.1. The SMILES string of the molecule is COc1ccc(C(O)Cn2cnc3ccccc32)cc1F. The van der Waals surface area contributed by atoms with Gasteiger partial charge < -0.3 is 14.4 Å². The Labute approximate surface area is 121 Å². The Morgan fingerprint density at radius 3 is 2.86 bits per heavy atom. The van der Waals surface area contributed by atoms with E-state index in [1.54, 1.807) is 12.4 Å². The first-order valence-corrected chi connectivity index (χ1v) is 6.60. The molecule has 2 aromatic carbocycles. The van der Waals surface area contributed by atoms with Gasteiger partial charge in [0.25, 0.3) is 0 Å². The molecule has 108 valence electrons. The molecule has 3 rings (SSSR count). The summed E-state index contributed by atoms with van der Waals surface area (Å²) in [6.07, 6.45) is 0.858. The van der Waals surface area contributed by atoms with E-state index >= 15 is 0 Å². The van der Waals surface area contributed by atoms with Gasteiger partial charge in [0.15, 0.2) is 11.6 Å². The van der Waals surface area contributed by atoms with E-state index in [0.717, 1.165) is 11.0 Å². The van der Waals surface area contributed by atoms with Crippen LogP contribution in [0.4, 0.5) is 4.39 Å². The van der Waals surface area contributed by atoms with Gasteiger partial charge in [0.1, 0.15) is 0 Å². The van der Waals surface area contributed by atoms with E-state index in [1.165, 1.54) is 19.2 Å². The zero-order chi connectivity index (χ0) is 14.8. The molecule has 0 saturated carbocycles. The Hall–Kier alpha value is -2.40. The number of methoxy groups -OCH3 is 1. The molecule has 0 aliphatic carbocycles. The third-order valence-electron chi connectivity index (χ3n) is 3.46. The molecule has 0 amide bonds. The zero-order valence-corrected chi connectivity index (χ0v) is 11.5. The van der Waals surface area contributed by atoms with Crippen LogP contribution >= 0.6 is 0 Å². The fourth-order valence-electron chi connectivity index (χ4n) is 2.34. The molecule has 21 heavy (non-hydrogen) atoms. The molecule has 0 aliphatic heterocycles. The van der Waals surface area contributed by atoms with Crippen LogP contribution in [0.3, 0.4) is 0 Å². The van der Waals surface area contributed by atoms with Gasteiger partial charge >= 0.3 is 0 Å². The maximum absolute atomic E-state index is 13.7. The van der Waals surface area contributed by atoms with Crippen LogP contribution in [-0.4, -0.2) is 21.8 Å². The Kier molecular flexibility index (Phi) is 3.58. The lowest BCUT2D eigenvalue weighted by molar-refractivity contribution is 0.157. The molecule has 0 radical (unpaired) electrons. The molecule has 5 heteroatoms. The first-order chi connectivity index (χ1) is 10.2. The Morgan fingerprint density at radius 2 is 2.10 bits per heavy atom. The molecule has 1 N–H and O–H groups in total. The molecule has 1 atom stereocenters. The van der Waals surface area contributed by atoms with Crippen LogP contribution in [0.5, 0.6) is 5.75 Å². The Balaban J connectivity index is 1.86. The van der Waals surface area contributed by atoms with E-state index in [4.69, 9.17) is 4.74 Å². The first-order valence-electron chi connectivity index (χ1n) is 6.60. The average Bonchev–Trinajstić information content (AvgIpc) is 2.90. The van der Waals surface area contributed by atoms with Crippen LogP contribution in [0.15, 0.2) is 48.8 Å². The van der Waals surface area contributed by atoms with Gasteiger partial charge in [-0.15, -0.1) is 0 Å². The summed E-state index contributed by atoms with van der Waals surface area (Å²) in [5, 5.41) is 10.3. The van der Waals surface area contributed by atoms with Crippen LogP contribution in [0.1, 0.15) is 11.7 Å². The average molecular weight is 286 g/mol. The molecule has 1 unspecified atom stereocenters. The predicted molar refractivity (Wildman–Crippen MR) is 77.6 cm³/mol. The molecule has 0 saturated heterocycles. The second-order valence-corrected chi connectivity index (χ2v) is 4.80. The fourth-order valence-corrected chi connectivity index (χ4v) is 2.34. The zero-order valence-electron chi connectivity index (χ0n) is 11.5. The van der Waals surface area contributed by atoms with Gasteiger partial charge in [-0.25, -0.2) is 9.37 Å². The molecule has 1 heterocycles. The summed E-state index contributed by atoms with van der Waals surface area (Å²) in [6.45, 7) is 0.312. The number of hydrogen-bond donors (Lipinski definition) is 1. The Bertz CT molecular complexity index is 770. The van der Waals surface area contributed by atoms with Crippen LogP contribution in [0.25, 0.3) is 11.0 Å². The smallest absolute Gasteiger partial charge is 0.165 e. The van der Waals surface area contributed by atoms with Gasteiger partial charge in [0.2, 0.25) is 0 Å². The van der Waals surface area contributed by atoms with Crippen molar-refractivity contribution in [3.63, 3.8) is 0 Å². The molecule has 4 nitrogen and oxygen atoms in total. The van der Waals surface area contributed by atoms with Gasteiger partial charge in [-0.3, -0.25) is 0 Å². The van der Waals surface area contributed by atoms with Crippen molar-refractivity contribution in [1.29, 1.82) is 0 Å². The van der Waals surface area contributed by atoms with Crippen molar-refractivity contribution in [2.24, 2.45) is 0 Å². The molecule has 1 aromatic heterocycles. The number of aromatic nitrogens is 2. The van der Waals surface area contributed by atoms with Gasteiger partial charge in [-0.2, -0.15) is 0 Å². The van der Waals surface area contributed by atoms with Crippen molar-refractivity contribution in [2.45, 2.75) is 12.6 Å². The van der Waals surface area contributed by atoms with Crippen LogP contribution in [0.2, 0.25) is 0 Å². The second kappa shape index (κ2) is 5.54. The number of imidazole rings is 1. The summed E-state index contributed by atoms with van der Waals surface area (Å²) < 4.78 is 20.4. The largest absolute Gasteiger partial charge is 0.494 e. The highest BCUT2D eigenvalue weighted by Crippen LogP contribution is 2.24. The summed E-state index contributed by atoms with van der Waals surface area (Å²) in [5.74, 6) is -0.316. The van der Waals surface area contributed by atoms with Crippen molar-refractivity contribution >= 4 is 11.0 Å². The number of halogens is 1. The summed E-state index contributed by atoms with van der Waals surface area (Å²) in [4.78, 5) is 4.27. The maximum Gasteiger partial charge on any atom is 0.165 e. The summed E-state index contributed by atoms with van der Waals surface area (Å²) in [5.41, 5.74) is 2.31. The van der Waals surface area contributed by atoms with E-state index in [9.17, 15) is 9.50 Å². The number of hydrogen-bond acceptors (Lipinski definition) is 3. The van der Waals surface area contributed by atoms with Gasteiger partial charge in [0, 0.05) is 0 Å². The van der Waals surface area contributed by atoms with Gasteiger partial charge in [0.05, 0.1) is 37.1 Å². The van der Waals surface area contributed by atoms with E-state index in [-0.39, 0.29) is 5.75 Å². The second-order valence-electron chi connectivity index (χ2n) is 4.80. The number of aliphatic hydroxyl groups excluding tert-OH is 1. The quantitative estimate of drug-likeness (QED) is 0.802. The number of nitrogens with zero attached hydrogens (tertiary/aromatic N) is 2. The first kappa shape index (κ1) is 13.6. The molecular weight excluding hydrogens is 271 g/mol. The highest BCUT2D eigenvalue weighted by molar-refractivity contribution is 5.74. The summed E-state index contributed by atoms with van der Waals surface area (Å²) in [7, 11) is 1.41. The van der Waals surface area contributed by atoms with Crippen molar-refractivity contribution < 1.29 is 14.2 Å². The topological polar surface area (TPSA) is 47.3 Å². The van der Waals surface area contributed by atoms with Crippen molar-refractivity contribution in [2.75, 3.05) is 7.11 Å². The van der Waals surface area contributed by atoms with Gasteiger partial charge in [-0.1, -0.05) is 18.2 Å². The normalized spacial score (nSPS) is 12.5. The van der Waals surface area contributed by atoms with E-state index in [0.29, 0.717) is 12.1 Å². The fraction of sp³-hybridized carbons (Fsp3) is 0.188. The van der Waals surface area contributed by atoms with Gasteiger partial charge in [-0.05, 0) is 29.8 Å². The van der Waals surface area contributed by atoms with E-state index < -0.39 is 11.9 Å². The maximum atomic E-state index is 13.7. The molecule has 0 spiro atoms. The standard InChI is InChI=1S/C16H15FN2O2/c1-21-16-7-6-11(8-12(16)17)15(20)9-19-10-18-13-4-2-3-5-14(13)19/h2-8,10,15,20H,9H2,1H3. The lowest BCUT2D eigenvalue weighted by atomic mass is 10.1. The third-order valence-corrected chi connectivity index (χ3v) is 3.46. The number of fused-ring (bicyclic) bond motifs is 1. The highest BCUT2D eigenvalue weighted by atomic mass is 19.1. The molecule has 3 aromatic rings. The number of benzene rings is 2. The lowest BCUT2D eigenvalue weighted by Gasteiger charge is -2.13. The molecule has 0 bridgehead atoms. The van der Waals surface area contributed by atoms with Crippen molar-refractivity contribution in [3.8, 4) is 5.75 Å². The molecule has 0 aliphatic rings. The number of aliphatic hydroxyl groups is 1. The molecular formula is C16H15FN2O2. The van der Waals surface area contributed by atoms with E-state index in [1.807, 2.05) is 28.8 Å². The van der Waals surface area contributed by atoms with Crippen LogP contribution < -0.4 is 4.74 Å². The monoisotopic (exact) mass is 286 g/mol. The summed E-state index contributed by atoms with van der Waals surface area (Å²) >= 11 is 0. The minimum absolute atomic E-state index is 0.166. The van der Waals surface area contributed by atoms with Crippen molar-refractivity contribution in [3.05, 3.63) is 60.2 Å². The van der Waals surface area contributed by atoms with E-state index in [2.05, 4.69) is 4.98 Å². The Morgan fingerprint density at radius 1 is 1.29 bits per heavy atom. The number of rotatable bonds is 4. The minimum atomic E-state index is -0.817. The van der Waals surface area contributed by atoms with Crippen molar-refractivity contribution in [1.82, 2.24) is 9.55 Å². The third kappa shape index (κ3) is 2.60. The minimum Gasteiger partial charge on any atom is -0.494 e. The van der Waals surface area contributed by atoms with Crippen LogP contribution in [0, 0.1) is 5.82 Å². The number of ether oxygens (including phenoxy) is 1. The highest BCUT2D eigenvalue weighted by Gasteiger charge is 2.13. The van der Waals surface area contributed by atoms with Crippen LogP contribution in [-0.2, 0) is 6.54 Å². The predicted octanol–water partition coefficient (Wildman–Crippen LogP) is 2.92. The number of para-hydroxylation sites is 2. The molecule has 0 fully saturated rings.